The van der Waals surface area contributed by atoms with E-state index in [9.17, 15) is 9.59 Å². The molecule has 1 fully saturated rings. The van der Waals surface area contributed by atoms with Crippen LogP contribution in [-0.2, 0) is 27.9 Å². The lowest BCUT2D eigenvalue weighted by Crippen LogP contribution is -2.47. The Hall–Kier alpha value is -2.35. The predicted molar refractivity (Wildman–Crippen MR) is 107 cm³/mol. The van der Waals surface area contributed by atoms with Crippen molar-refractivity contribution < 1.29 is 14.3 Å². The molecule has 2 amide bonds. The third-order valence-corrected chi connectivity index (χ3v) is 5.24. The zero-order valence-electron chi connectivity index (χ0n) is 15.9. The Kier molecular flexibility index (Phi) is 7.08. The minimum Gasteiger partial charge on any atom is -0.379 e. The molecular weight excluding hydrogens is 380 g/mol. The molecule has 0 bridgehead atoms. The minimum absolute atomic E-state index is 0.0239. The Balaban J connectivity index is 1.57. The summed E-state index contributed by atoms with van der Waals surface area (Å²) in [7, 11) is 1.97. The summed E-state index contributed by atoms with van der Waals surface area (Å²) in [6, 6.07) is 11.2. The first-order valence-corrected chi connectivity index (χ1v) is 9.66. The van der Waals surface area contributed by atoms with E-state index in [-0.39, 0.29) is 12.6 Å². The van der Waals surface area contributed by atoms with E-state index < -0.39 is 11.8 Å². The highest BCUT2D eigenvalue weighted by Crippen LogP contribution is 2.21. The summed E-state index contributed by atoms with van der Waals surface area (Å²) in [6.07, 6.45) is 1.97. The van der Waals surface area contributed by atoms with Crippen LogP contribution in [0.3, 0.4) is 0 Å². The lowest BCUT2D eigenvalue weighted by Gasteiger charge is -2.34. The molecule has 0 aliphatic carbocycles. The summed E-state index contributed by atoms with van der Waals surface area (Å²) in [5.41, 5.74) is 1.85. The zero-order chi connectivity index (χ0) is 19.9. The van der Waals surface area contributed by atoms with Gasteiger partial charge in [0.1, 0.15) is 0 Å². The fraction of sp³-hybridized carbons (Fsp3) is 0.400. The number of hydrogen-bond acceptors (Lipinski definition) is 4. The van der Waals surface area contributed by atoms with Crippen molar-refractivity contribution in [2.75, 3.05) is 32.8 Å². The number of ether oxygens (including phenoxy) is 1. The smallest absolute Gasteiger partial charge is 0.309 e. The number of carbonyl (C=O) groups is 2. The first kappa shape index (κ1) is 20.4. The molecule has 1 atom stereocenters. The molecular formula is C20H25ClN4O3. The number of morpholine rings is 1. The number of halogens is 1. The fourth-order valence-electron chi connectivity index (χ4n) is 3.30. The lowest BCUT2D eigenvalue weighted by molar-refractivity contribution is -0.139. The fourth-order valence-corrected chi connectivity index (χ4v) is 3.50. The van der Waals surface area contributed by atoms with Crippen molar-refractivity contribution in [3.8, 4) is 0 Å². The first-order chi connectivity index (χ1) is 13.6. The van der Waals surface area contributed by atoms with Crippen molar-refractivity contribution >= 4 is 23.4 Å². The number of nitrogens with zero attached hydrogens (tertiary/aromatic N) is 2. The van der Waals surface area contributed by atoms with Crippen LogP contribution < -0.4 is 10.6 Å². The molecule has 0 spiro atoms. The Labute approximate surface area is 169 Å². The van der Waals surface area contributed by atoms with Crippen LogP contribution >= 0.6 is 11.6 Å². The first-order valence-electron chi connectivity index (χ1n) is 9.28. The highest BCUT2D eigenvalue weighted by Gasteiger charge is 2.26. The second kappa shape index (κ2) is 9.73. The van der Waals surface area contributed by atoms with Crippen LogP contribution in [0.15, 0.2) is 42.6 Å². The summed E-state index contributed by atoms with van der Waals surface area (Å²) in [4.78, 5) is 26.7. The Bertz CT molecular complexity index is 817. The molecule has 7 nitrogen and oxygen atoms in total. The molecule has 8 heteroatoms. The molecule has 1 aromatic carbocycles. The predicted octanol–water partition coefficient (Wildman–Crippen LogP) is 1.48. The van der Waals surface area contributed by atoms with E-state index in [2.05, 4.69) is 15.5 Å². The van der Waals surface area contributed by atoms with Gasteiger partial charge in [-0.05, 0) is 23.8 Å². The van der Waals surface area contributed by atoms with Crippen molar-refractivity contribution in [1.29, 1.82) is 0 Å². The standard InChI is InChI=1S/C20H25ClN4O3/c1-24-8-4-7-17(24)18(25-9-11-28-12-10-25)14-23-20(27)19(26)22-13-15-5-2-3-6-16(15)21/h2-8,18H,9-14H2,1H3,(H,22,26)(H,23,27)/t18-/m0/s1. The molecule has 28 heavy (non-hydrogen) atoms. The molecule has 2 N–H and O–H groups in total. The number of aryl methyl sites for hydroxylation is 1. The largest absolute Gasteiger partial charge is 0.379 e. The molecule has 1 aliphatic rings. The molecule has 1 aromatic heterocycles. The second-order valence-electron chi connectivity index (χ2n) is 6.69. The van der Waals surface area contributed by atoms with Gasteiger partial charge in [-0.2, -0.15) is 0 Å². The molecule has 0 radical (unpaired) electrons. The Morgan fingerprint density at radius 3 is 2.50 bits per heavy atom. The number of benzene rings is 1. The zero-order valence-corrected chi connectivity index (χ0v) is 16.6. The maximum absolute atomic E-state index is 12.3. The Morgan fingerprint density at radius 2 is 1.82 bits per heavy atom. The summed E-state index contributed by atoms with van der Waals surface area (Å²) in [5.74, 6) is -1.33. The van der Waals surface area contributed by atoms with Crippen molar-refractivity contribution in [2.24, 2.45) is 7.05 Å². The van der Waals surface area contributed by atoms with Crippen molar-refractivity contribution in [1.82, 2.24) is 20.1 Å². The summed E-state index contributed by atoms with van der Waals surface area (Å²) in [5, 5.41) is 5.94. The van der Waals surface area contributed by atoms with Gasteiger partial charge in [0.15, 0.2) is 0 Å². The molecule has 2 heterocycles. The maximum Gasteiger partial charge on any atom is 0.309 e. The maximum atomic E-state index is 12.3. The second-order valence-corrected chi connectivity index (χ2v) is 7.10. The van der Waals surface area contributed by atoms with Crippen LogP contribution in [0, 0.1) is 0 Å². The van der Waals surface area contributed by atoms with E-state index in [1.54, 1.807) is 6.07 Å². The van der Waals surface area contributed by atoms with E-state index in [4.69, 9.17) is 16.3 Å². The van der Waals surface area contributed by atoms with E-state index >= 15 is 0 Å². The molecule has 3 rings (SSSR count). The van der Waals surface area contributed by atoms with Gasteiger partial charge >= 0.3 is 11.8 Å². The number of nitrogens with one attached hydrogen (secondary N) is 2. The van der Waals surface area contributed by atoms with E-state index in [0.29, 0.717) is 24.8 Å². The average molecular weight is 405 g/mol. The third kappa shape index (κ3) is 5.13. The molecule has 0 unspecified atom stereocenters. The van der Waals surface area contributed by atoms with E-state index in [0.717, 1.165) is 24.3 Å². The van der Waals surface area contributed by atoms with Crippen molar-refractivity contribution in [3.05, 3.63) is 58.9 Å². The monoisotopic (exact) mass is 404 g/mol. The Morgan fingerprint density at radius 1 is 1.11 bits per heavy atom. The molecule has 0 saturated carbocycles. The van der Waals surface area contributed by atoms with Crippen LogP contribution in [0.5, 0.6) is 0 Å². The molecule has 1 saturated heterocycles. The van der Waals surface area contributed by atoms with Gasteiger partial charge in [0.2, 0.25) is 0 Å². The van der Waals surface area contributed by atoms with Gasteiger partial charge in [0.25, 0.3) is 0 Å². The van der Waals surface area contributed by atoms with Gasteiger partial charge in [-0.3, -0.25) is 14.5 Å². The van der Waals surface area contributed by atoms with Crippen LogP contribution in [-0.4, -0.2) is 54.1 Å². The lowest BCUT2D eigenvalue weighted by atomic mass is 10.1. The summed E-state index contributed by atoms with van der Waals surface area (Å²) in [6.45, 7) is 3.43. The highest BCUT2D eigenvalue weighted by atomic mass is 35.5. The summed E-state index contributed by atoms with van der Waals surface area (Å²) < 4.78 is 7.47. The number of rotatable bonds is 6. The molecule has 150 valence electrons. The molecule has 1 aliphatic heterocycles. The SMILES string of the molecule is Cn1cccc1[C@H](CNC(=O)C(=O)NCc1ccccc1Cl)N1CCOCC1. The van der Waals surface area contributed by atoms with Gasteiger partial charge in [-0.25, -0.2) is 0 Å². The number of aromatic nitrogens is 1. The van der Waals surface area contributed by atoms with Gasteiger partial charge in [0, 0.05) is 50.1 Å². The third-order valence-electron chi connectivity index (χ3n) is 4.87. The van der Waals surface area contributed by atoms with Gasteiger partial charge in [-0.1, -0.05) is 29.8 Å². The highest BCUT2D eigenvalue weighted by molar-refractivity contribution is 6.35. The van der Waals surface area contributed by atoms with Crippen LogP contribution in [0.2, 0.25) is 5.02 Å². The van der Waals surface area contributed by atoms with E-state index in [1.165, 1.54) is 0 Å². The topological polar surface area (TPSA) is 75.6 Å². The number of amides is 2. The van der Waals surface area contributed by atoms with Crippen LogP contribution in [0.25, 0.3) is 0 Å². The van der Waals surface area contributed by atoms with Gasteiger partial charge in [0.05, 0.1) is 19.3 Å². The minimum atomic E-state index is -0.674. The number of hydrogen-bond donors (Lipinski definition) is 2. The van der Waals surface area contributed by atoms with Gasteiger partial charge in [-0.15, -0.1) is 0 Å². The normalized spacial score (nSPS) is 15.8. The quantitative estimate of drug-likeness (QED) is 0.715. The average Bonchev–Trinajstić information content (AvgIpc) is 3.13. The van der Waals surface area contributed by atoms with Crippen LogP contribution in [0.1, 0.15) is 17.3 Å². The van der Waals surface area contributed by atoms with Crippen molar-refractivity contribution in [2.45, 2.75) is 12.6 Å². The van der Waals surface area contributed by atoms with Crippen LogP contribution in [0.4, 0.5) is 0 Å². The molecule has 2 aromatic rings. The van der Waals surface area contributed by atoms with Crippen molar-refractivity contribution in [3.63, 3.8) is 0 Å². The summed E-state index contributed by atoms with van der Waals surface area (Å²) >= 11 is 6.08. The number of carbonyl (C=O) groups excluding carboxylic acids is 2. The van der Waals surface area contributed by atoms with Gasteiger partial charge < -0.3 is 19.9 Å². The van der Waals surface area contributed by atoms with E-state index in [1.807, 2.05) is 48.1 Å².